The maximum absolute atomic E-state index is 11.7. The zero-order valence-electron chi connectivity index (χ0n) is 10.8. The zero-order valence-corrected chi connectivity index (χ0v) is 10.8. The summed E-state index contributed by atoms with van der Waals surface area (Å²) in [6.07, 6.45) is 1.42. The summed E-state index contributed by atoms with van der Waals surface area (Å²) < 4.78 is 0. The summed E-state index contributed by atoms with van der Waals surface area (Å²) in [5, 5.41) is 22.0. The van der Waals surface area contributed by atoms with Gasteiger partial charge >= 0.3 is 0 Å². The van der Waals surface area contributed by atoms with Gasteiger partial charge in [0.05, 0.1) is 5.60 Å². The number of aromatic hydroxyl groups is 1. The number of nitrogens with zero attached hydrogens (tertiary/aromatic N) is 2. The first kappa shape index (κ1) is 14.4. The Kier molecular flexibility index (Phi) is 4.63. The first-order valence-corrected chi connectivity index (χ1v) is 5.61. The molecule has 100 valence electrons. The molecule has 3 N–H and O–H groups in total. The third kappa shape index (κ3) is 4.31. The molecule has 0 saturated carbocycles. The fraction of sp³-hybridized carbons (Fsp3) is 0.500. The van der Waals surface area contributed by atoms with Crippen molar-refractivity contribution >= 4 is 5.91 Å². The molecule has 1 atom stereocenters. The van der Waals surface area contributed by atoms with Gasteiger partial charge in [-0.2, -0.15) is 0 Å². The number of likely N-dealkylation sites (N-methyl/N-ethyl adjacent to an activating group) is 1. The molecule has 0 aromatic carbocycles. The summed E-state index contributed by atoms with van der Waals surface area (Å²) in [6, 6.07) is 2.92. The molecule has 1 aromatic heterocycles. The summed E-state index contributed by atoms with van der Waals surface area (Å²) in [5.41, 5.74) is -1.08. The van der Waals surface area contributed by atoms with Crippen LogP contribution in [0.15, 0.2) is 18.3 Å². The lowest BCUT2D eigenvalue weighted by Gasteiger charge is -2.27. The van der Waals surface area contributed by atoms with E-state index < -0.39 is 11.5 Å². The third-order valence-electron chi connectivity index (χ3n) is 2.29. The molecule has 0 aliphatic heterocycles. The number of aromatic nitrogens is 1. The van der Waals surface area contributed by atoms with E-state index in [4.69, 9.17) is 0 Å². The van der Waals surface area contributed by atoms with Crippen LogP contribution in [-0.2, 0) is 0 Å². The van der Waals surface area contributed by atoms with E-state index in [-0.39, 0.29) is 18.0 Å². The lowest BCUT2D eigenvalue weighted by atomic mass is 10.1. The molecule has 1 aromatic rings. The van der Waals surface area contributed by atoms with Crippen LogP contribution in [0.3, 0.4) is 0 Å². The van der Waals surface area contributed by atoms with Gasteiger partial charge in [-0.05, 0) is 33.2 Å². The van der Waals surface area contributed by atoms with Crippen molar-refractivity contribution in [1.82, 2.24) is 15.2 Å². The molecule has 0 radical (unpaired) electrons. The molecule has 6 nitrogen and oxygen atoms in total. The number of pyridine rings is 1. The molecule has 1 amide bonds. The van der Waals surface area contributed by atoms with E-state index in [1.807, 2.05) is 19.0 Å². The van der Waals surface area contributed by atoms with Gasteiger partial charge in [0.15, 0.2) is 5.69 Å². The summed E-state index contributed by atoms with van der Waals surface area (Å²) in [7, 11) is 3.67. The van der Waals surface area contributed by atoms with Crippen molar-refractivity contribution in [1.29, 1.82) is 0 Å². The molecule has 0 spiro atoms. The van der Waals surface area contributed by atoms with Gasteiger partial charge < -0.3 is 20.4 Å². The highest BCUT2D eigenvalue weighted by molar-refractivity contribution is 5.94. The monoisotopic (exact) mass is 253 g/mol. The fourth-order valence-corrected chi connectivity index (χ4v) is 1.66. The van der Waals surface area contributed by atoms with Crippen LogP contribution in [0.2, 0.25) is 0 Å². The minimum Gasteiger partial charge on any atom is -0.505 e. The minimum absolute atomic E-state index is 0.0434. The van der Waals surface area contributed by atoms with Crippen molar-refractivity contribution in [2.75, 3.05) is 27.2 Å². The van der Waals surface area contributed by atoms with Crippen LogP contribution in [-0.4, -0.2) is 58.8 Å². The van der Waals surface area contributed by atoms with Gasteiger partial charge in [0.25, 0.3) is 5.91 Å². The molecule has 1 unspecified atom stereocenters. The largest absolute Gasteiger partial charge is 0.505 e. The van der Waals surface area contributed by atoms with Crippen LogP contribution in [0, 0.1) is 0 Å². The minimum atomic E-state index is -1.04. The van der Waals surface area contributed by atoms with Gasteiger partial charge in [0.1, 0.15) is 5.75 Å². The van der Waals surface area contributed by atoms with Crippen LogP contribution < -0.4 is 5.32 Å². The van der Waals surface area contributed by atoms with Crippen molar-refractivity contribution in [3.8, 4) is 5.75 Å². The Balaban J connectivity index is 2.59. The van der Waals surface area contributed by atoms with Crippen molar-refractivity contribution in [3.05, 3.63) is 24.0 Å². The van der Waals surface area contributed by atoms with Gasteiger partial charge in [0, 0.05) is 19.3 Å². The Morgan fingerprint density at radius 2 is 2.22 bits per heavy atom. The number of hydrogen-bond donors (Lipinski definition) is 3. The van der Waals surface area contributed by atoms with Crippen LogP contribution in [0.4, 0.5) is 0 Å². The normalized spacial score (nSPS) is 14.3. The highest BCUT2D eigenvalue weighted by atomic mass is 16.3. The van der Waals surface area contributed by atoms with Gasteiger partial charge in [-0.3, -0.25) is 4.79 Å². The molecular weight excluding hydrogens is 234 g/mol. The summed E-state index contributed by atoms with van der Waals surface area (Å²) in [5.74, 6) is -0.686. The second-order valence-electron chi connectivity index (χ2n) is 4.79. The first-order valence-electron chi connectivity index (χ1n) is 5.61. The fourth-order valence-electron chi connectivity index (χ4n) is 1.66. The third-order valence-corrected chi connectivity index (χ3v) is 2.29. The van der Waals surface area contributed by atoms with Gasteiger partial charge in [-0.25, -0.2) is 4.98 Å². The van der Waals surface area contributed by atoms with Crippen molar-refractivity contribution in [3.63, 3.8) is 0 Å². The summed E-state index contributed by atoms with van der Waals surface area (Å²) >= 11 is 0. The number of rotatable bonds is 5. The number of carbonyl (C=O) groups is 1. The van der Waals surface area contributed by atoms with Crippen molar-refractivity contribution < 1.29 is 15.0 Å². The van der Waals surface area contributed by atoms with Crippen molar-refractivity contribution in [2.24, 2.45) is 0 Å². The summed E-state index contributed by atoms with van der Waals surface area (Å²) in [4.78, 5) is 17.3. The van der Waals surface area contributed by atoms with Gasteiger partial charge in [0.2, 0.25) is 0 Å². The summed E-state index contributed by atoms with van der Waals surface area (Å²) in [6.45, 7) is 2.13. The molecule has 0 aliphatic rings. The molecule has 18 heavy (non-hydrogen) atoms. The molecular formula is C12H19N3O3. The number of carbonyl (C=O) groups excluding carboxylic acids is 1. The zero-order chi connectivity index (χ0) is 13.8. The highest BCUT2D eigenvalue weighted by Gasteiger charge is 2.23. The van der Waals surface area contributed by atoms with E-state index in [0.717, 1.165) is 0 Å². The van der Waals surface area contributed by atoms with Crippen molar-refractivity contribution in [2.45, 2.75) is 12.5 Å². The molecule has 0 bridgehead atoms. The van der Waals surface area contributed by atoms with E-state index in [9.17, 15) is 15.0 Å². The van der Waals surface area contributed by atoms with Crippen LogP contribution in [0.1, 0.15) is 17.4 Å². The molecule has 0 fully saturated rings. The van der Waals surface area contributed by atoms with Crippen LogP contribution in [0.5, 0.6) is 5.75 Å². The maximum Gasteiger partial charge on any atom is 0.273 e. The second kappa shape index (κ2) is 5.79. The maximum atomic E-state index is 11.7. The van der Waals surface area contributed by atoms with Gasteiger partial charge in [-0.15, -0.1) is 0 Å². The highest BCUT2D eigenvalue weighted by Crippen LogP contribution is 2.12. The van der Waals surface area contributed by atoms with Crippen LogP contribution in [0.25, 0.3) is 0 Å². The Morgan fingerprint density at radius 3 is 2.78 bits per heavy atom. The Labute approximate surface area is 106 Å². The second-order valence-corrected chi connectivity index (χ2v) is 4.79. The molecule has 1 heterocycles. The Morgan fingerprint density at radius 1 is 1.56 bits per heavy atom. The predicted octanol–water partition coefficient (Wildman–Crippen LogP) is -0.170. The lowest BCUT2D eigenvalue weighted by Crippen LogP contribution is -2.47. The molecule has 0 saturated heterocycles. The Hall–Kier alpha value is -1.66. The number of aliphatic hydroxyl groups is 1. The Bertz CT molecular complexity index is 419. The van der Waals surface area contributed by atoms with Crippen LogP contribution >= 0.6 is 0 Å². The SMILES string of the molecule is CN(C)CC(C)(O)CNC(=O)c1ncccc1O. The average molecular weight is 253 g/mol. The van der Waals surface area contributed by atoms with Gasteiger partial charge in [-0.1, -0.05) is 0 Å². The van der Waals surface area contributed by atoms with E-state index in [1.54, 1.807) is 6.92 Å². The molecule has 6 heteroatoms. The lowest BCUT2D eigenvalue weighted by molar-refractivity contribution is 0.0324. The number of amides is 1. The van der Waals surface area contributed by atoms with E-state index in [2.05, 4.69) is 10.3 Å². The standard InChI is InChI=1S/C12H19N3O3/c1-12(18,8-15(2)3)7-14-11(17)10-9(16)5-4-6-13-10/h4-6,16,18H,7-8H2,1-3H3,(H,14,17). The van der Waals surface area contributed by atoms with E-state index >= 15 is 0 Å². The number of hydrogen-bond acceptors (Lipinski definition) is 5. The smallest absolute Gasteiger partial charge is 0.273 e. The first-order chi connectivity index (χ1) is 8.32. The average Bonchev–Trinajstić information content (AvgIpc) is 2.25. The quantitative estimate of drug-likeness (QED) is 0.678. The number of nitrogens with one attached hydrogen (secondary N) is 1. The van der Waals surface area contributed by atoms with E-state index in [0.29, 0.717) is 6.54 Å². The predicted molar refractivity (Wildman–Crippen MR) is 67.4 cm³/mol. The van der Waals surface area contributed by atoms with E-state index in [1.165, 1.54) is 18.3 Å². The molecule has 1 rings (SSSR count). The topological polar surface area (TPSA) is 85.7 Å². The molecule has 0 aliphatic carbocycles.